The lowest BCUT2D eigenvalue weighted by Crippen LogP contribution is -2.08. The third-order valence-corrected chi connectivity index (χ3v) is 3.59. The van der Waals surface area contributed by atoms with E-state index in [-0.39, 0.29) is 12.4 Å². The fraction of sp³-hybridized carbons (Fsp3) is 0.0667. The summed E-state index contributed by atoms with van der Waals surface area (Å²) in [7, 11) is 0. The monoisotopic (exact) mass is 346 g/mol. The number of nitrogens with zero attached hydrogens (tertiary/aromatic N) is 3. The Hall–Kier alpha value is -2.05. The molecule has 0 aliphatic rings. The van der Waals surface area contributed by atoms with E-state index in [0.29, 0.717) is 21.7 Å². The van der Waals surface area contributed by atoms with E-state index in [4.69, 9.17) is 5.73 Å². The molecular formula is C15H12BrFN4. The second-order valence-electron chi connectivity index (χ2n) is 4.44. The maximum atomic E-state index is 14.2. The van der Waals surface area contributed by atoms with Crippen molar-refractivity contribution in [2.75, 3.05) is 0 Å². The summed E-state index contributed by atoms with van der Waals surface area (Å²) in [5, 5.41) is 8.16. The fourth-order valence-corrected chi connectivity index (χ4v) is 2.48. The summed E-state index contributed by atoms with van der Waals surface area (Å²) in [6, 6.07) is 14.4. The lowest BCUT2D eigenvalue weighted by Gasteiger charge is -2.10. The van der Waals surface area contributed by atoms with Gasteiger partial charge in [-0.3, -0.25) is 4.57 Å². The Morgan fingerprint density at radius 3 is 2.52 bits per heavy atom. The molecule has 0 spiro atoms. The average Bonchev–Trinajstić information content (AvgIpc) is 2.92. The topological polar surface area (TPSA) is 56.7 Å². The maximum Gasteiger partial charge on any atom is 0.171 e. The SMILES string of the molecule is NCc1nnc(-c2ccc(Br)cc2F)n1-c1ccccc1. The Labute approximate surface area is 129 Å². The van der Waals surface area contributed by atoms with Crippen LogP contribution in [-0.4, -0.2) is 14.8 Å². The third kappa shape index (κ3) is 2.59. The minimum atomic E-state index is -0.363. The highest BCUT2D eigenvalue weighted by Crippen LogP contribution is 2.27. The summed E-state index contributed by atoms with van der Waals surface area (Å²) in [5.74, 6) is 0.655. The van der Waals surface area contributed by atoms with E-state index in [1.165, 1.54) is 6.07 Å². The summed E-state index contributed by atoms with van der Waals surface area (Å²) >= 11 is 3.25. The second-order valence-corrected chi connectivity index (χ2v) is 5.35. The van der Waals surface area contributed by atoms with E-state index in [9.17, 15) is 4.39 Å². The van der Waals surface area contributed by atoms with Crippen LogP contribution in [0.3, 0.4) is 0 Å². The first-order chi connectivity index (χ1) is 10.2. The zero-order chi connectivity index (χ0) is 14.8. The molecule has 21 heavy (non-hydrogen) atoms. The summed E-state index contributed by atoms with van der Waals surface area (Å²) in [6.07, 6.45) is 0. The molecule has 2 N–H and O–H groups in total. The zero-order valence-corrected chi connectivity index (χ0v) is 12.6. The lowest BCUT2D eigenvalue weighted by molar-refractivity contribution is 0.628. The van der Waals surface area contributed by atoms with Gasteiger partial charge in [-0.2, -0.15) is 0 Å². The van der Waals surface area contributed by atoms with Crippen molar-refractivity contribution in [2.45, 2.75) is 6.54 Å². The highest BCUT2D eigenvalue weighted by atomic mass is 79.9. The van der Waals surface area contributed by atoms with Crippen LogP contribution in [-0.2, 0) is 6.54 Å². The number of nitrogens with two attached hydrogens (primary N) is 1. The second kappa shape index (κ2) is 5.75. The van der Waals surface area contributed by atoms with Gasteiger partial charge in [0.05, 0.1) is 12.1 Å². The molecule has 0 fully saturated rings. The molecule has 1 aromatic heterocycles. The predicted molar refractivity (Wildman–Crippen MR) is 82.3 cm³/mol. The van der Waals surface area contributed by atoms with Crippen LogP contribution in [0.15, 0.2) is 53.0 Å². The van der Waals surface area contributed by atoms with Gasteiger partial charge in [0.25, 0.3) is 0 Å². The first-order valence-electron chi connectivity index (χ1n) is 6.36. The van der Waals surface area contributed by atoms with Gasteiger partial charge in [-0.05, 0) is 30.3 Å². The average molecular weight is 347 g/mol. The van der Waals surface area contributed by atoms with Gasteiger partial charge in [-0.1, -0.05) is 34.1 Å². The molecule has 0 saturated carbocycles. The van der Waals surface area contributed by atoms with Crippen LogP contribution < -0.4 is 5.73 Å². The first kappa shape index (κ1) is 13.9. The van der Waals surface area contributed by atoms with Gasteiger partial charge in [0, 0.05) is 10.2 Å². The summed E-state index contributed by atoms with van der Waals surface area (Å²) < 4.78 is 16.6. The van der Waals surface area contributed by atoms with Crippen LogP contribution >= 0.6 is 15.9 Å². The Balaban J connectivity index is 2.22. The molecule has 3 aromatic rings. The normalized spacial score (nSPS) is 10.8. The van der Waals surface area contributed by atoms with Gasteiger partial charge in [-0.15, -0.1) is 10.2 Å². The van der Waals surface area contributed by atoms with E-state index >= 15 is 0 Å². The quantitative estimate of drug-likeness (QED) is 0.791. The molecule has 0 bridgehead atoms. The van der Waals surface area contributed by atoms with Gasteiger partial charge in [0.15, 0.2) is 11.6 Å². The number of hydrogen-bond acceptors (Lipinski definition) is 3. The van der Waals surface area contributed by atoms with E-state index in [0.717, 1.165) is 5.69 Å². The van der Waals surface area contributed by atoms with Crippen LogP contribution in [0.4, 0.5) is 4.39 Å². The van der Waals surface area contributed by atoms with E-state index in [1.807, 2.05) is 30.3 Å². The number of rotatable bonds is 3. The van der Waals surface area contributed by atoms with Crippen molar-refractivity contribution in [3.63, 3.8) is 0 Å². The molecule has 2 aromatic carbocycles. The molecule has 0 aliphatic carbocycles. The molecule has 4 nitrogen and oxygen atoms in total. The van der Waals surface area contributed by atoms with Crippen molar-refractivity contribution in [1.29, 1.82) is 0 Å². The first-order valence-corrected chi connectivity index (χ1v) is 7.15. The molecule has 3 rings (SSSR count). The third-order valence-electron chi connectivity index (χ3n) is 3.10. The van der Waals surface area contributed by atoms with Crippen molar-refractivity contribution in [3.8, 4) is 17.1 Å². The Morgan fingerprint density at radius 2 is 1.86 bits per heavy atom. The fourth-order valence-electron chi connectivity index (χ4n) is 2.14. The van der Waals surface area contributed by atoms with Crippen LogP contribution in [0.25, 0.3) is 17.1 Å². The number of benzene rings is 2. The van der Waals surface area contributed by atoms with Gasteiger partial charge < -0.3 is 5.73 Å². The molecule has 0 radical (unpaired) electrons. The predicted octanol–water partition coefficient (Wildman–Crippen LogP) is 3.29. The number of aromatic nitrogens is 3. The van der Waals surface area contributed by atoms with Crippen LogP contribution in [0.2, 0.25) is 0 Å². The lowest BCUT2D eigenvalue weighted by atomic mass is 10.2. The molecule has 0 unspecified atom stereocenters. The Morgan fingerprint density at radius 1 is 1.10 bits per heavy atom. The number of halogens is 2. The Bertz CT molecular complexity index is 771. The highest BCUT2D eigenvalue weighted by molar-refractivity contribution is 9.10. The van der Waals surface area contributed by atoms with Gasteiger partial charge in [0.2, 0.25) is 0 Å². The van der Waals surface area contributed by atoms with Crippen molar-refractivity contribution >= 4 is 15.9 Å². The number of para-hydroxylation sites is 1. The van der Waals surface area contributed by atoms with E-state index in [2.05, 4.69) is 26.1 Å². The van der Waals surface area contributed by atoms with Gasteiger partial charge in [0.1, 0.15) is 5.82 Å². The van der Waals surface area contributed by atoms with E-state index in [1.54, 1.807) is 16.7 Å². The van der Waals surface area contributed by atoms with Crippen LogP contribution in [0.1, 0.15) is 5.82 Å². The molecule has 0 saturated heterocycles. The van der Waals surface area contributed by atoms with Crippen LogP contribution in [0.5, 0.6) is 0 Å². The van der Waals surface area contributed by atoms with Crippen molar-refractivity contribution in [2.24, 2.45) is 5.73 Å². The number of hydrogen-bond donors (Lipinski definition) is 1. The molecule has 0 atom stereocenters. The van der Waals surface area contributed by atoms with Crippen molar-refractivity contribution < 1.29 is 4.39 Å². The Kier molecular flexibility index (Phi) is 3.81. The van der Waals surface area contributed by atoms with Gasteiger partial charge in [-0.25, -0.2) is 4.39 Å². The molecule has 1 heterocycles. The van der Waals surface area contributed by atoms with Crippen molar-refractivity contribution in [3.05, 3.63) is 64.6 Å². The minimum Gasteiger partial charge on any atom is -0.324 e. The largest absolute Gasteiger partial charge is 0.324 e. The molecule has 0 aliphatic heterocycles. The van der Waals surface area contributed by atoms with E-state index < -0.39 is 0 Å². The zero-order valence-electron chi connectivity index (χ0n) is 11.0. The smallest absolute Gasteiger partial charge is 0.171 e. The molecular weight excluding hydrogens is 335 g/mol. The minimum absolute atomic E-state index is 0.222. The summed E-state index contributed by atoms with van der Waals surface area (Å²) in [6.45, 7) is 0.222. The van der Waals surface area contributed by atoms with Gasteiger partial charge >= 0.3 is 0 Å². The molecule has 106 valence electrons. The molecule has 6 heteroatoms. The van der Waals surface area contributed by atoms with Crippen molar-refractivity contribution in [1.82, 2.24) is 14.8 Å². The van der Waals surface area contributed by atoms with Crippen LogP contribution in [0, 0.1) is 5.82 Å². The standard InChI is InChI=1S/C15H12BrFN4/c16-10-6-7-12(13(17)8-10)15-20-19-14(9-18)21(15)11-4-2-1-3-5-11/h1-8H,9,18H2. The summed E-state index contributed by atoms with van der Waals surface area (Å²) in [5.41, 5.74) is 6.95. The maximum absolute atomic E-state index is 14.2. The highest BCUT2D eigenvalue weighted by Gasteiger charge is 2.17. The molecule has 0 amide bonds. The summed E-state index contributed by atoms with van der Waals surface area (Å²) in [4.78, 5) is 0.